The van der Waals surface area contributed by atoms with Crippen LogP contribution in [-0.4, -0.2) is 24.1 Å². The van der Waals surface area contributed by atoms with Crippen LogP contribution in [0.3, 0.4) is 0 Å². The fraction of sp³-hybridized carbons (Fsp3) is 1.00. The highest BCUT2D eigenvalue weighted by Crippen LogP contribution is 2.37. The fourth-order valence-corrected chi connectivity index (χ4v) is 4.49. The Bertz CT molecular complexity index is 195. The second kappa shape index (κ2) is 6.90. The lowest BCUT2D eigenvalue weighted by Gasteiger charge is -2.39. The molecule has 2 heteroatoms. The monoisotopic (exact) mass is 243 g/mol. The molecule has 1 aliphatic carbocycles. The van der Waals surface area contributed by atoms with Crippen molar-refractivity contribution in [3.8, 4) is 0 Å². The first-order valence-corrected chi connectivity index (χ1v) is 7.92. The summed E-state index contributed by atoms with van der Waals surface area (Å²) in [5, 5.41) is 4.36. The molecule has 1 aliphatic rings. The Labute approximate surface area is 106 Å². The summed E-state index contributed by atoms with van der Waals surface area (Å²) >= 11 is 2.21. The zero-order valence-electron chi connectivity index (χ0n) is 11.6. The molecule has 0 aromatic rings. The molecular formula is C14H29NS. The molecule has 1 rings (SSSR count). The van der Waals surface area contributed by atoms with E-state index in [2.05, 4.69) is 51.8 Å². The third kappa shape index (κ3) is 3.96. The van der Waals surface area contributed by atoms with E-state index in [0.29, 0.717) is 0 Å². The summed E-state index contributed by atoms with van der Waals surface area (Å²) in [6, 6.07) is 0.729. The quantitative estimate of drug-likeness (QED) is 0.788. The van der Waals surface area contributed by atoms with E-state index >= 15 is 0 Å². The third-order valence-corrected chi connectivity index (χ3v) is 5.97. The molecule has 0 spiro atoms. The number of hydrogen-bond acceptors (Lipinski definition) is 2. The lowest BCUT2D eigenvalue weighted by atomic mass is 9.80. The van der Waals surface area contributed by atoms with Gasteiger partial charge in [-0.15, -0.1) is 0 Å². The summed E-state index contributed by atoms with van der Waals surface area (Å²) < 4.78 is 0. The number of hydrogen-bond donors (Lipinski definition) is 1. The smallest absolute Gasteiger partial charge is 0.0226 e. The molecule has 0 saturated heterocycles. The molecule has 1 N–H and O–H groups in total. The van der Waals surface area contributed by atoms with Gasteiger partial charge in [-0.1, -0.05) is 34.1 Å². The molecule has 1 fully saturated rings. The van der Waals surface area contributed by atoms with Crippen molar-refractivity contribution in [2.45, 2.75) is 58.2 Å². The van der Waals surface area contributed by atoms with Gasteiger partial charge in [0.15, 0.2) is 0 Å². The average molecular weight is 243 g/mol. The van der Waals surface area contributed by atoms with Gasteiger partial charge in [0.2, 0.25) is 0 Å². The van der Waals surface area contributed by atoms with Crippen molar-refractivity contribution in [1.29, 1.82) is 0 Å². The van der Waals surface area contributed by atoms with Crippen molar-refractivity contribution in [3.05, 3.63) is 0 Å². The van der Waals surface area contributed by atoms with Gasteiger partial charge in [0.25, 0.3) is 0 Å². The van der Waals surface area contributed by atoms with Gasteiger partial charge in [-0.2, -0.15) is 11.8 Å². The zero-order chi connectivity index (χ0) is 12.1. The highest BCUT2D eigenvalue weighted by Gasteiger charge is 2.33. The number of nitrogens with one attached hydrogen (secondary N) is 1. The van der Waals surface area contributed by atoms with Gasteiger partial charge in [0.1, 0.15) is 0 Å². The summed E-state index contributed by atoms with van der Waals surface area (Å²) in [5.41, 5.74) is 0. The van der Waals surface area contributed by atoms with Crippen molar-refractivity contribution in [1.82, 2.24) is 5.32 Å². The minimum Gasteiger partial charge on any atom is -0.316 e. The SMILES string of the molecule is CCC(C)CSC1C(C)CC(C)CC1NC. The van der Waals surface area contributed by atoms with Crippen molar-refractivity contribution in [3.63, 3.8) is 0 Å². The van der Waals surface area contributed by atoms with Gasteiger partial charge in [-0.3, -0.25) is 0 Å². The lowest BCUT2D eigenvalue weighted by molar-refractivity contribution is 0.257. The Morgan fingerprint density at radius 2 is 2.00 bits per heavy atom. The fourth-order valence-electron chi connectivity index (χ4n) is 2.78. The molecule has 0 amide bonds. The Balaban J connectivity index is 2.47. The van der Waals surface area contributed by atoms with Gasteiger partial charge in [-0.05, 0) is 43.4 Å². The molecule has 0 aliphatic heterocycles. The molecule has 16 heavy (non-hydrogen) atoms. The summed E-state index contributed by atoms with van der Waals surface area (Å²) in [4.78, 5) is 0. The van der Waals surface area contributed by atoms with Crippen LogP contribution in [0, 0.1) is 17.8 Å². The van der Waals surface area contributed by atoms with Crippen LogP contribution in [0.15, 0.2) is 0 Å². The molecule has 0 radical (unpaired) electrons. The van der Waals surface area contributed by atoms with Crippen LogP contribution >= 0.6 is 11.8 Å². The van der Waals surface area contributed by atoms with Crippen molar-refractivity contribution >= 4 is 11.8 Å². The predicted octanol–water partition coefficient (Wildman–Crippen LogP) is 3.79. The maximum atomic E-state index is 3.54. The molecule has 0 heterocycles. The van der Waals surface area contributed by atoms with E-state index in [9.17, 15) is 0 Å². The average Bonchev–Trinajstić information content (AvgIpc) is 2.26. The minimum atomic E-state index is 0.729. The minimum absolute atomic E-state index is 0.729. The Morgan fingerprint density at radius 3 is 2.56 bits per heavy atom. The zero-order valence-corrected chi connectivity index (χ0v) is 12.4. The third-order valence-electron chi connectivity index (χ3n) is 4.03. The van der Waals surface area contributed by atoms with E-state index < -0.39 is 0 Å². The molecule has 0 aromatic carbocycles. The van der Waals surface area contributed by atoms with Crippen molar-refractivity contribution in [2.75, 3.05) is 12.8 Å². The van der Waals surface area contributed by atoms with Crippen LogP contribution in [0.5, 0.6) is 0 Å². The summed E-state index contributed by atoms with van der Waals surface area (Å²) in [5.74, 6) is 3.97. The van der Waals surface area contributed by atoms with Crippen LogP contribution in [0.25, 0.3) is 0 Å². The summed E-state index contributed by atoms with van der Waals surface area (Å²) in [6.45, 7) is 9.51. The van der Waals surface area contributed by atoms with Crippen LogP contribution < -0.4 is 5.32 Å². The number of rotatable bonds is 5. The molecule has 0 bridgehead atoms. The van der Waals surface area contributed by atoms with E-state index in [4.69, 9.17) is 0 Å². The van der Waals surface area contributed by atoms with Gasteiger partial charge in [-0.25, -0.2) is 0 Å². The predicted molar refractivity (Wildman–Crippen MR) is 76.1 cm³/mol. The highest BCUT2D eigenvalue weighted by molar-refractivity contribution is 8.00. The van der Waals surface area contributed by atoms with Gasteiger partial charge >= 0.3 is 0 Å². The van der Waals surface area contributed by atoms with E-state index in [0.717, 1.165) is 29.0 Å². The van der Waals surface area contributed by atoms with E-state index in [-0.39, 0.29) is 0 Å². The van der Waals surface area contributed by atoms with Crippen LogP contribution in [0.4, 0.5) is 0 Å². The van der Waals surface area contributed by atoms with Crippen molar-refractivity contribution < 1.29 is 0 Å². The highest BCUT2D eigenvalue weighted by atomic mass is 32.2. The Hall–Kier alpha value is 0.310. The Morgan fingerprint density at radius 1 is 1.31 bits per heavy atom. The summed E-state index contributed by atoms with van der Waals surface area (Å²) in [7, 11) is 2.13. The molecule has 5 unspecified atom stereocenters. The first kappa shape index (κ1) is 14.4. The first-order chi connectivity index (χ1) is 7.58. The normalized spacial score (nSPS) is 37.3. The lowest BCUT2D eigenvalue weighted by Crippen LogP contribution is -2.45. The maximum absolute atomic E-state index is 3.54. The molecule has 1 nitrogen and oxygen atoms in total. The molecular weight excluding hydrogens is 214 g/mol. The van der Waals surface area contributed by atoms with E-state index in [1.54, 1.807) is 0 Å². The van der Waals surface area contributed by atoms with Crippen molar-refractivity contribution in [2.24, 2.45) is 17.8 Å². The molecule has 1 saturated carbocycles. The van der Waals surface area contributed by atoms with Crippen LogP contribution in [0.2, 0.25) is 0 Å². The van der Waals surface area contributed by atoms with Gasteiger partial charge in [0.05, 0.1) is 0 Å². The first-order valence-electron chi connectivity index (χ1n) is 6.87. The standard InChI is InChI=1S/C14H29NS/c1-6-10(2)9-16-14-12(4)7-11(3)8-13(14)15-5/h10-15H,6-9H2,1-5H3. The van der Waals surface area contributed by atoms with E-state index in [1.165, 1.54) is 25.0 Å². The van der Waals surface area contributed by atoms with E-state index in [1.807, 2.05) is 0 Å². The molecule has 5 atom stereocenters. The number of thioether (sulfide) groups is 1. The van der Waals surface area contributed by atoms with Gasteiger partial charge in [0, 0.05) is 11.3 Å². The summed E-state index contributed by atoms with van der Waals surface area (Å²) in [6.07, 6.45) is 4.09. The molecule has 96 valence electrons. The maximum Gasteiger partial charge on any atom is 0.0226 e. The molecule has 0 aromatic heterocycles. The van der Waals surface area contributed by atoms with Gasteiger partial charge < -0.3 is 5.32 Å². The largest absolute Gasteiger partial charge is 0.316 e. The van der Waals surface area contributed by atoms with Crippen LogP contribution in [0.1, 0.15) is 47.0 Å². The second-order valence-electron chi connectivity index (χ2n) is 5.76. The van der Waals surface area contributed by atoms with Crippen LogP contribution in [-0.2, 0) is 0 Å². The second-order valence-corrected chi connectivity index (χ2v) is 6.97. The Kier molecular flexibility index (Phi) is 6.20. The topological polar surface area (TPSA) is 12.0 Å².